The van der Waals surface area contributed by atoms with Crippen LogP contribution in [0.15, 0.2) is 12.3 Å². The molecule has 0 aliphatic heterocycles. The Morgan fingerprint density at radius 1 is 1.57 bits per heavy atom. The van der Waals surface area contributed by atoms with Crippen LogP contribution in [0.2, 0.25) is 5.02 Å². The van der Waals surface area contributed by atoms with Crippen LogP contribution in [0.4, 0.5) is 19.0 Å². The molecule has 0 spiro atoms. The van der Waals surface area contributed by atoms with E-state index in [2.05, 4.69) is 21.5 Å². The number of halogens is 4. The third-order valence-corrected chi connectivity index (χ3v) is 2.62. The Kier molecular flexibility index (Phi) is 5.85. The highest BCUT2D eigenvalue weighted by Gasteiger charge is 2.27. The number of terminal acetylenes is 1. The molecule has 0 saturated heterocycles. The minimum atomic E-state index is -4.42. The number of carbonyl (C=O) groups excluding carboxylic acids is 1. The van der Waals surface area contributed by atoms with Crippen molar-refractivity contribution in [1.29, 1.82) is 0 Å². The summed E-state index contributed by atoms with van der Waals surface area (Å²) in [5.41, 5.74) is -0.0732. The van der Waals surface area contributed by atoms with Crippen molar-refractivity contribution < 1.29 is 18.0 Å². The van der Waals surface area contributed by atoms with E-state index in [1.807, 2.05) is 0 Å². The number of hydrogen-bond acceptors (Lipinski definition) is 3. The van der Waals surface area contributed by atoms with Gasteiger partial charge in [-0.1, -0.05) is 11.6 Å². The summed E-state index contributed by atoms with van der Waals surface area (Å²) >= 11 is 5.72. The fourth-order valence-electron chi connectivity index (χ4n) is 1.34. The largest absolute Gasteiger partial charge is 0.405 e. The number of nitrogens with one attached hydrogen (secondary N) is 2. The summed E-state index contributed by atoms with van der Waals surface area (Å²) in [5.74, 6) is 1.43. The monoisotopic (exact) mass is 319 g/mol. The molecule has 1 aromatic heterocycles. The van der Waals surface area contributed by atoms with E-state index >= 15 is 0 Å². The number of pyridine rings is 1. The molecule has 0 radical (unpaired) electrons. The lowest BCUT2D eigenvalue weighted by molar-refractivity contribution is -0.115. The SMILES string of the molecule is C#CC(C)CNC(=O)c1cc(Cl)cnc1NCC(F)(F)F. The third-order valence-electron chi connectivity index (χ3n) is 2.41. The maximum Gasteiger partial charge on any atom is 0.405 e. The van der Waals surface area contributed by atoms with Gasteiger partial charge in [-0.2, -0.15) is 13.2 Å². The average molecular weight is 320 g/mol. The number of anilines is 1. The molecule has 0 fully saturated rings. The van der Waals surface area contributed by atoms with Gasteiger partial charge < -0.3 is 10.6 Å². The first-order valence-corrected chi connectivity index (χ1v) is 6.31. The van der Waals surface area contributed by atoms with Crippen LogP contribution >= 0.6 is 11.6 Å². The highest BCUT2D eigenvalue weighted by Crippen LogP contribution is 2.20. The normalized spacial score (nSPS) is 12.4. The highest BCUT2D eigenvalue weighted by molar-refractivity contribution is 6.31. The van der Waals surface area contributed by atoms with Crippen molar-refractivity contribution in [3.63, 3.8) is 0 Å². The third kappa shape index (κ3) is 5.92. The predicted molar refractivity (Wildman–Crippen MR) is 74.1 cm³/mol. The molecule has 114 valence electrons. The van der Waals surface area contributed by atoms with Crippen LogP contribution in [-0.4, -0.2) is 30.2 Å². The van der Waals surface area contributed by atoms with Crippen LogP contribution in [0.3, 0.4) is 0 Å². The molecular weight excluding hydrogens is 307 g/mol. The smallest absolute Gasteiger partial charge is 0.361 e. The Labute approximate surface area is 125 Å². The van der Waals surface area contributed by atoms with E-state index in [9.17, 15) is 18.0 Å². The molecule has 1 aromatic rings. The van der Waals surface area contributed by atoms with Gasteiger partial charge in [0.2, 0.25) is 0 Å². The van der Waals surface area contributed by atoms with Crippen LogP contribution in [0.1, 0.15) is 17.3 Å². The van der Waals surface area contributed by atoms with E-state index in [0.29, 0.717) is 0 Å². The molecule has 2 N–H and O–H groups in total. The van der Waals surface area contributed by atoms with E-state index in [0.717, 1.165) is 6.20 Å². The first-order chi connectivity index (χ1) is 9.73. The number of hydrogen-bond donors (Lipinski definition) is 2. The van der Waals surface area contributed by atoms with Crippen LogP contribution in [0.25, 0.3) is 0 Å². The van der Waals surface area contributed by atoms with E-state index < -0.39 is 18.6 Å². The molecule has 1 heterocycles. The number of alkyl halides is 3. The lowest BCUT2D eigenvalue weighted by Crippen LogP contribution is -2.30. The fraction of sp³-hybridized carbons (Fsp3) is 0.385. The average Bonchev–Trinajstić information content (AvgIpc) is 2.41. The Morgan fingerprint density at radius 2 is 2.24 bits per heavy atom. The lowest BCUT2D eigenvalue weighted by atomic mass is 10.2. The molecule has 4 nitrogen and oxygen atoms in total. The lowest BCUT2D eigenvalue weighted by Gasteiger charge is -2.13. The molecule has 1 unspecified atom stereocenters. The van der Waals surface area contributed by atoms with Crippen molar-refractivity contribution in [2.45, 2.75) is 13.1 Å². The van der Waals surface area contributed by atoms with E-state index in [-0.39, 0.29) is 28.9 Å². The van der Waals surface area contributed by atoms with Gasteiger partial charge in [0.05, 0.1) is 10.6 Å². The van der Waals surface area contributed by atoms with Crippen molar-refractivity contribution in [2.24, 2.45) is 5.92 Å². The summed E-state index contributed by atoms with van der Waals surface area (Å²) in [5, 5.41) is 4.72. The van der Waals surface area contributed by atoms with E-state index in [4.69, 9.17) is 18.0 Å². The molecule has 0 aromatic carbocycles. The summed E-state index contributed by atoms with van der Waals surface area (Å²) in [6, 6.07) is 1.24. The van der Waals surface area contributed by atoms with Gasteiger partial charge in [0.15, 0.2) is 0 Å². The van der Waals surface area contributed by atoms with Crippen molar-refractivity contribution in [2.75, 3.05) is 18.4 Å². The van der Waals surface area contributed by atoms with Gasteiger partial charge in [0.1, 0.15) is 12.4 Å². The van der Waals surface area contributed by atoms with E-state index in [1.54, 1.807) is 6.92 Å². The summed E-state index contributed by atoms with van der Waals surface area (Å²) in [6.07, 6.45) is 1.90. The van der Waals surface area contributed by atoms with Gasteiger partial charge in [-0.3, -0.25) is 4.79 Å². The maximum atomic E-state index is 12.2. The molecule has 1 atom stereocenters. The fourth-order valence-corrected chi connectivity index (χ4v) is 1.50. The second-order valence-electron chi connectivity index (χ2n) is 4.30. The Morgan fingerprint density at radius 3 is 2.81 bits per heavy atom. The van der Waals surface area contributed by atoms with Crippen LogP contribution in [0.5, 0.6) is 0 Å². The number of aromatic nitrogens is 1. The summed E-state index contributed by atoms with van der Waals surface area (Å²) < 4.78 is 36.6. The number of rotatable bonds is 5. The summed E-state index contributed by atoms with van der Waals surface area (Å²) in [7, 11) is 0. The predicted octanol–water partition coefficient (Wildman–Crippen LogP) is 2.71. The molecular formula is C13H13ClF3N3O. The van der Waals surface area contributed by atoms with Gasteiger partial charge in [-0.25, -0.2) is 4.98 Å². The zero-order valence-electron chi connectivity index (χ0n) is 11.1. The van der Waals surface area contributed by atoms with Gasteiger partial charge in [-0.15, -0.1) is 12.3 Å². The Bertz CT molecular complexity index is 555. The molecule has 0 bridgehead atoms. The standard InChI is InChI=1S/C13H13ClF3N3O/c1-3-8(2)5-19-12(21)10-4-9(14)6-18-11(10)20-7-13(15,16)17/h1,4,6,8H,5,7H2,2H3,(H,18,20)(H,19,21). The molecule has 0 aliphatic rings. The molecule has 1 rings (SSSR count). The van der Waals surface area contributed by atoms with Crippen LogP contribution in [0, 0.1) is 18.3 Å². The van der Waals surface area contributed by atoms with Crippen LogP contribution < -0.4 is 10.6 Å². The van der Waals surface area contributed by atoms with Gasteiger partial charge in [0, 0.05) is 18.7 Å². The number of amides is 1. The van der Waals surface area contributed by atoms with Gasteiger partial charge >= 0.3 is 6.18 Å². The quantitative estimate of drug-likeness (QED) is 0.821. The zero-order chi connectivity index (χ0) is 16.0. The van der Waals surface area contributed by atoms with Gasteiger partial charge in [0.25, 0.3) is 5.91 Å². The second-order valence-corrected chi connectivity index (χ2v) is 4.73. The summed E-state index contributed by atoms with van der Waals surface area (Å²) in [6.45, 7) is 0.614. The molecule has 0 saturated carbocycles. The minimum Gasteiger partial charge on any atom is -0.361 e. The Hall–Kier alpha value is -1.94. The van der Waals surface area contributed by atoms with Crippen molar-refractivity contribution in [3.05, 3.63) is 22.8 Å². The first kappa shape index (κ1) is 17.1. The van der Waals surface area contributed by atoms with Crippen molar-refractivity contribution >= 4 is 23.3 Å². The first-order valence-electron chi connectivity index (χ1n) is 5.93. The maximum absolute atomic E-state index is 12.2. The molecule has 8 heteroatoms. The van der Waals surface area contributed by atoms with Crippen LogP contribution in [-0.2, 0) is 0 Å². The van der Waals surface area contributed by atoms with Gasteiger partial charge in [-0.05, 0) is 13.0 Å². The second kappa shape index (κ2) is 7.18. The zero-order valence-corrected chi connectivity index (χ0v) is 11.8. The van der Waals surface area contributed by atoms with Crippen molar-refractivity contribution in [3.8, 4) is 12.3 Å². The molecule has 0 aliphatic carbocycles. The van der Waals surface area contributed by atoms with Crippen molar-refractivity contribution in [1.82, 2.24) is 10.3 Å². The Balaban J connectivity index is 2.86. The molecule has 21 heavy (non-hydrogen) atoms. The topological polar surface area (TPSA) is 54.0 Å². The van der Waals surface area contributed by atoms with E-state index in [1.165, 1.54) is 6.07 Å². The summed E-state index contributed by atoms with van der Waals surface area (Å²) in [4.78, 5) is 15.7. The molecule has 1 amide bonds. The number of carbonyl (C=O) groups is 1. The minimum absolute atomic E-state index is 0.0732. The highest BCUT2D eigenvalue weighted by atomic mass is 35.5. The number of nitrogens with zero attached hydrogens (tertiary/aromatic N) is 1.